The van der Waals surface area contributed by atoms with Crippen LogP contribution in [0.4, 0.5) is 0 Å². The molecule has 1 aromatic heterocycles. The monoisotopic (exact) mass is 217 g/mol. The van der Waals surface area contributed by atoms with Gasteiger partial charge in [-0.3, -0.25) is 9.78 Å². The number of hydrogen-bond acceptors (Lipinski definition) is 3. The van der Waals surface area contributed by atoms with E-state index in [-0.39, 0.29) is 11.8 Å². The van der Waals surface area contributed by atoms with Gasteiger partial charge < -0.3 is 5.32 Å². The van der Waals surface area contributed by atoms with Crippen molar-refractivity contribution in [2.45, 2.75) is 26.3 Å². The Hall–Kier alpha value is -1.89. The molecule has 1 N–H and O–H groups in total. The standard InChI is InChI=1S/C12H15N3O/c1-9(2)12(3,8-13)15-11(16)10-6-4-5-7-14-10/h4-7,9H,1-3H3,(H,15,16). The lowest BCUT2D eigenvalue weighted by Crippen LogP contribution is -2.49. The Morgan fingerprint density at radius 1 is 1.56 bits per heavy atom. The number of aromatic nitrogens is 1. The van der Waals surface area contributed by atoms with E-state index >= 15 is 0 Å². The van der Waals surface area contributed by atoms with Crippen LogP contribution in [0, 0.1) is 17.2 Å². The average Bonchev–Trinajstić information content (AvgIpc) is 2.29. The van der Waals surface area contributed by atoms with Gasteiger partial charge in [-0.1, -0.05) is 19.9 Å². The van der Waals surface area contributed by atoms with Crippen LogP contribution in [-0.2, 0) is 0 Å². The number of pyridine rings is 1. The topological polar surface area (TPSA) is 65.8 Å². The van der Waals surface area contributed by atoms with Gasteiger partial charge >= 0.3 is 0 Å². The molecule has 4 nitrogen and oxygen atoms in total. The zero-order valence-electron chi connectivity index (χ0n) is 9.69. The Bertz CT molecular complexity index is 408. The molecule has 0 saturated heterocycles. The summed E-state index contributed by atoms with van der Waals surface area (Å²) in [7, 11) is 0. The molecule has 0 aromatic carbocycles. The van der Waals surface area contributed by atoms with Crippen LogP contribution in [0.3, 0.4) is 0 Å². The molecule has 1 atom stereocenters. The number of amides is 1. The highest BCUT2D eigenvalue weighted by Gasteiger charge is 2.30. The lowest BCUT2D eigenvalue weighted by atomic mass is 9.90. The number of rotatable bonds is 3. The molecule has 1 rings (SSSR count). The third kappa shape index (κ3) is 2.57. The highest BCUT2D eigenvalue weighted by atomic mass is 16.2. The van der Waals surface area contributed by atoms with E-state index in [2.05, 4.69) is 16.4 Å². The summed E-state index contributed by atoms with van der Waals surface area (Å²) >= 11 is 0. The molecule has 1 amide bonds. The van der Waals surface area contributed by atoms with Crippen LogP contribution in [0.15, 0.2) is 24.4 Å². The minimum Gasteiger partial charge on any atom is -0.332 e. The van der Waals surface area contributed by atoms with E-state index in [4.69, 9.17) is 5.26 Å². The molecule has 0 fully saturated rings. The maximum atomic E-state index is 11.8. The first-order valence-corrected chi connectivity index (χ1v) is 5.14. The molecule has 0 aliphatic carbocycles. The highest BCUT2D eigenvalue weighted by molar-refractivity contribution is 5.92. The molecule has 4 heteroatoms. The molecule has 1 unspecified atom stereocenters. The molecular formula is C12H15N3O. The first-order valence-electron chi connectivity index (χ1n) is 5.14. The third-order valence-electron chi connectivity index (χ3n) is 2.66. The predicted octanol–water partition coefficient (Wildman–Crippen LogP) is 1.75. The number of nitrogens with one attached hydrogen (secondary N) is 1. The summed E-state index contributed by atoms with van der Waals surface area (Å²) in [6.07, 6.45) is 1.55. The Morgan fingerprint density at radius 3 is 2.69 bits per heavy atom. The largest absolute Gasteiger partial charge is 0.332 e. The second-order valence-electron chi connectivity index (χ2n) is 4.14. The molecule has 84 valence electrons. The fourth-order valence-electron chi connectivity index (χ4n) is 1.10. The zero-order valence-corrected chi connectivity index (χ0v) is 9.69. The number of carbonyl (C=O) groups excluding carboxylic acids is 1. The third-order valence-corrected chi connectivity index (χ3v) is 2.66. The van der Waals surface area contributed by atoms with Gasteiger partial charge in [0.2, 0.25) is 0 Å². The minimum atomic E-state index is -0.866. The summed E-state index contributed by atoms with van der Waals surface area (Å²) in [6.45, 7) is 5.49. The van der Waals surface area contributed by atoms with Gasteiger partial charge in [-0.05, 0) is 25.0 Å². The van der Waals surface area contributed by atoms with Crippen molar-refractivity contribution in [1.82, 2.24) is 10.3 Å². The van der Waals surface area contributed by atoms with Crippen molar-refractivity contribution >= 4 is 5.91 Å². The Labute approximate surface area is 95.3 Å². The van der Waals surface area contributed by atoms with Gasteiger partial charge in [0, 0.05) is 6.20 Å². The van der Waals surface area contributed by atoms with Gasteiger partial charge in [0.1, 0.15) is 11.2 Å². The smallest absolute Gasteiger partial charge is 0.271 e. The first-order chi connectivity index (χ1) is 7.49. The Morgan fingerprint density at radius 2 is 2.25 bits per heavy atom. The normalized spacial score (nSPS) is 13.9. The van der Waals surface area contributed by atoms with Crippen molar-refractivity contribution in [3.63, 3.8) is 0 Å². The average molecular weight is 217 g/mol. The molecule has 1 heterocycles. The van der Waals surface area contributed by atoms with Crippen LogP contribution in [0.2, 0.25) is 0 Å². The highest BCUT2D eigenvalue weighted by Crippen LogP contribution is 2.15. The molecule has 0 aliphatic rings. The SMILES string of the molecule is CC(C)C(C)(C#N)NC(=O)c1ccccn1. The summed E-state index contributed by atoms with van der Waals surface area (Å²) in [5.74, 6) is -0.288. The van der Waals surface area contributed by atoms with Crippen LogP contribution in [0.1, 0.15) is 31.3 Å². The van der Waals surface area contributed by atoms with Crippen molar-refractivity contribution in [2.24, 2.45) is 5.92 Å². The van der Waals surface area contributed by atoms with Crippen LogP contribution < -0.4 is 5.32 Å². The summed E-state index contributed by atoms with van der Waals surface area (Å²) in [5, 5.41) is 11.8. The number of nitriles is 1. The van der Waals surface area contributed by atoms with Gasteiger partial charge in [0.05, 0.1) is 6.07 Å². The summed E-state index contributed by atoms with van der Waals surface area (Å²) in [4.78, 5) is 15.7. The predicted molar refractivity (Wildman–Crippen MR) is 60.6 cm³/mol. The Kier molecular flexibility index (Phi) is 3.62. The van der Waals surface area contributed by atoms with Gasteiger partial charge in [-0.15, -0.1) is 0 Å². The maximum Gasteiger partial charge on any atom is 0.271 e. The van der Waals surface area contributed by atoms with Crippen LogP contribution in [0.5, 0.6) is 0 Å². The quantitative estimate of drug-likeness (QED) is 0.838. The van der Waals surface area contributed by atoms with E-state index in [1.54, 1.807) is 31.3 Å². The van der Waals surface area contributed by atoms with E-state index in [0.29, 0.717) is 5.69 Å². The number of nitrogens with zero attached hydrogens (tertiary/aromatic N) is 2. The van der Waals surface area contributed by atoms with E-state index < -0.39 is 5.54 Å². The van der Waals surface area contributed by atoms with Gasteiger partial charge in [-0.2, -0.15) is 5.26 Å². The lowest BCUT2D eigenvalue weighted by molar-refractivity contribution is 0.0903. The molecule has 1 aromatic rings. The summed E-state index contributed by atoms with van der Waals surface area (Å²) in [5.41, 5.74) is -0.543. The summed E-state index contributed by atoms with van der Waals surface area (Å²) in [6, 6.07) is 7.21. The van der Waals surface area contributed by atoms with Crippen LogP contribution in [0.25, 0.3) is 0 Å². The van der Waals surface area contributed by atoms with Crippen molar-refractivity contribution < 1.29 is 4.79 Å². The molecule has 0 saturated carbocycles. The minimum absolute atomic E-state index is 0.0326. The van der Waals surface area contributed by atoms with E-state index in [1.807, 2.05) is 13.8 Å². The summed E-state index contributed by atoms with van der Waals surface area (Å²) < 4.78 is 0. The van der Waals surface area contributed by atoms with E-state index in [1.165, 1.54) is 0 Å². The van der Waals surface area contributed by atoms with Crippen molar-refractivity contribution in [3.05, 3.63) is 30.1 Å². The van der Waals surface area contributed by atoms with E-state index in [9.17, 15) is 4.79 Å². The Balaban J connectivity index is 2.83. The second kappa shape index (κ2) is 4.75. The molecule has 16 heavy (non-hydrogen) atoms. The van der Waals surface area contributed by atoms with Crippen molar-refractivity contribution in [1.29, 1.82) is 5.26 Å². The van der Waals surface area contributed by atoms with Crippen LogP contribution in [-0.4, -0.2) is 16.4 Å². The van der Waals surface area contributed by atoms with Crippen molar-refractivity contribution in [3.8, 4) is 6.07 Å². The first kappa shape index (κ1) is 12.2. The van der Waals surface area contributed by atoms with Crippen molar-refractivity contribution in [2.75, 3.05) is 0 Å². The number of hydrogen-bond donors (Lipinski definition) is 1. The fraction of sp³-hybridized carbons (Fsp3) is 0.417. The number of carbonyl (C=O) groups is 1. The van der Waals surface area contributed by atoms with Gasteiger partial charge in [0.25, 0.3) is 5.91 Å². The van der Waals surface area contributed by atoms with Gasteiger partial charge in [-0.25, -0.2) is 0 Å². The van der Waals surface area contributed by atoms with Crippen LogP contribution >= 0.6 is 0 Å². The molecule has 0 spiro atoms. The lowest BCUT2D eigenvalue weighted by Gasteiger charge is -2.26. The van der Waals surface area contributed by atoms with Gasteiger partial charge in [0.15, 0.2) is 0 Å². The molecule has 0 radical (unpaired) electrons. The second-order valence-corrected chi connectivity index (χ2v) is 4.14. The molecule has 0 bridgehead atoms. The zero-order chi connectivity index (χ0) is 12.2. The van der Waals surface area contributed by atoms with E-state index in [0.717, 1.165) is 0 Å². The maximum absolute atomic E-state index is 11.8. The molecular weight excluding hydrogens is 202 g/mol. The molecule has 0 aliphatic heterocycles. The fourth-order valence-corrected chi connectivity index (χ4v) is 1.10.